The molecule has 0 aliphatic heterocycles. The Kier molecular flexibility index (Phi) is 10.5. The highest BCUT2D eigenvalue weighted by Crippen LogP contribution is 2.23. The zero-order chi connectivity index (χ0) is 18.2. The number of carbonyl (C=O) groups is 1. The topological polar surface area (TPSA) is 44.4 Å². The number of amides is 2. The van der Waals surface area contributed by atoms with Crippen molar-refractivity contribution in [1.82, 2.24) is 15.5 Å². The molecule has 0 bridgehead atoms. The van der Waals surface area contributed by atoms with Crippen molar-refractivity contribution in [2.75, 3.05) is 26.2 Å². The summed E-state index contributed by atoms with van der Waals surface area (Å²) in [5, 5.41) is 6.02. The number of hydrogen-bond donors (Lipinski definition) is 2. The minimum Gasteiger partial charge on any atom is -0.338 e. The third-order valence-electron chi connectivity index (χ3n) is 4.33. The van der Waals surface area contributed by atoms with Crippen molar-refractivity contribution in [3.8, 4) is 0 Å². The van der Waals surface area contributed by atoms with E-state index in [-0.39, 0.29) is 18.4 Å². The Morgan fingerprint density at radius 2 is 1.88 bits per heavy atom. The molecule has 25 heavy (non-hydrogen) atoms. The summed E-state index contributed by atoms with van der Waals surface area (Å²) in [7, 11) is 0. The Labute approximate surface area is 159 Å². The maximum Gasteiger partial charge on any atom is 0.315 e. The van der Waals surface area contributed by atoms with E-state index in [2.05, 4.69) is 42.0 Å². The van der Waals surface area contributed by atoms with Gasteiger partial charge in [-0.3, -0.25) is 0 Å². The molecule has 0 aromatic heterocycles. The third kappa shape index (κ3) is 7.93. The maximum absolute atomic E-state index is 12.2. The van der Waals surface area contributed by atoms with E-state index in [4.69, 9.17) is 0 Å². The second-order valence-electron chi connectivity index (χ2n) is 6.75. The lowest BCUT2D eigenvalue weighted by molar-refractivity contribution is 0.228. The number of urea groups is 1. The minimum atomic E-state index is -0.436. The second-order valence-corrected chi connectivity index (χ2v) is 6.75. The van der Waals surface area contributed by atoms with Crippen molar-refractivity contribution in [1.29, 1.82) is 0 Å². The molecular weight excluding hydrogens is 334 g/mol. The van der Waals surface area contributed by atoms with Crippen LogP contribution in [0.3, 0.4) is 0 Å². The molecule has 0 saturated heterocycles. The van der Waals surface area contributed by atoms with E-state index in [1.807, 2.05) is 39.0 Å². The van der Waals surface area contributed by atoms with Gasteiger partial charge < -0.3 is 15.5 Å². The molecule has 0 heterocycles. The summed E-state index contributed by atoms with van der Waals surface area (Å²) in [4.78, 5) is 14.5. The van der Waals surface area contributed by atoms with Gasteiger partial charge in [0.15, 0.2) is 0 Å². The molecular formula is C20H34ClN3O. The second kappa shape index (κ2) is 11.2. The molecule has 0 spiro atoms. The number of halogens is 1. The van der Waals surface area contributed by atoms with E-state index in [1.54, 1.807) is 0 Å². The van der Waals surface area contributed by atoms with Gasteiger partial charge in [-0.2, -0.15) is 0 Å². The number of rotatable bonds is 9. The van der Waals surface area contributed by atoms with E-state index in [0.29, 0.717) is 6.54 Å². The van der Waals surface area contributed by atoms with E-state index in [9.17, 15) is 4.79 Å². The van der Waals surface area contributed by atoms with Gasteiger partial charge in [-0.05, 0) is 64.0 Å². The first-order valence-electron chi connectivity index (χ1n) is 8.85. The van der Waals surface area contributed by atoms with Crippen LogP contribution in [0.5, 0.6) is 0 Å². The lowest BCUT2D eigenvalue weighted by Crippen LogP contribution is -2.47. The summed E-state index contributed by atoms with van der Waals surface area (Å²) in [5.74, 6) is 0. The zero-order valence-corrected chi connectivity index (χ0v) is 17.1. The Morgan fingerprint density at radius 3 is 2.44 bits per heavy atom. The molecule has 0 aliphatic rings. The lowest BCUT2D eigenvalue weighted by atomic mass is 9.92. The number of allylic oxidation sites excluding steroid dienone is 1. The van der Waals surface area contributed by atoms with Gasteiger partial charge in [0.2, 0.25) is 0 Å². The maximum atomic E-state index is 12.2. The lowest BCUT2D eigenvalue weighted by Gasteiger charge is -2.27. The molecule has 0 unspecified atom stereocenters. The van der Waals surface area contributed by atoms with Crippen LogP contribution in [0.25, 0.3) is 5.57 Å². The predicted molar refractivity (Wildman–Crippen MR) is 110 cm³/mol. The number of carbonyl (C=O) groups excluding carboxylic acids is 1. The molecule has 2 N–H and O–H groups in total. The first kappa shape index (κ1) is 23.5. The Hall–Kier alpha value is -1.52. The quantitative estimate of drug-likeness (QED) is 0.635. The molecule has 1 aromatic rings. The van der Waals surface area contributed by atoms with Crippen LogP contribution in [-0.2, 0) is 5.54 Å². The summed E-state index contributed by atoms with van der Waals surface area (Å²) >= 11 is 0. The highest BCUT2D eigenvalue weighted by Gasteiger charge is 2.23. The molecule has 0 saturated carbocycles. The molecule has 0 atom stereocenters. The van der Waals surface area contributed by atoms with Gasteiger partial charge >= 0.3 is 6.03 Å². The number of nitrogens with zero attached hydrogens (tertiary/aromatic N) is 1. The zero-order valence-electron chi connectivity index (χ0n) is 16.3. The van der Waals surface area contributed by atoms with Crippen molar-refractivity contribution in [3.05, 3.63) is 42.0 Å². The third-order valence-corrected chi connectivity index (χ3v) is 4.33. The van der Waals surface area contributed by atoms with Crippen molar-refractivity contribution in [2.24, 2.45) is 0 Å². The molecule has 1 rings (SSSR count). The molecule has 0 radical (unpaired) electrons. The normalized spacial score (nSPS) is 11.0. The minimum absolute atomic E-state index is 0. The number of benzene rings is 1. The summed E-state index contributed by atoms with van der Waals surface area (Å²) in [5.41, 5.74) is 2.76. The Morgan fingerprint density at radius 1 is 1.24 bits per heavy atom. The SMILES string of the molecule is C=C(C)c1cccc(C(C)(C)NC(=O)NCCCN(CC)CC)c1.Cl. The monoisotopic (exact) mass is 367 g/mol. The van der Waals surface area contributed by atoms with Gasteiger partial charge in [0.05, 0.1) is 5.54 Å². The molecule has 0 aliphatic carbocycles. The van der Waals surface area contributed by atoms with Crippen molar-refractivity contribution < 1.29 is 4.79 Å². The van der Waals surface area contributed by atoms with Gasteiger partial charge in [0.25, 0.3) is 0 Å². The van der Waals surface area contributed by atoms with Crippen molar-refractivity contribution in [3.63, 3.8) is 0 Å². The van der Waals surface area contributed by atoms with Crippen LogP contribution < -0.4 is 10.6 Å². The summed E-state index contributed by atoms with van der Waals surface area (Å²) in [6, 6.07) is 8.04. The van der Waals surface area contributed by atoms with Crippen LogP contribution in [0, 0.1) is 0 Å². The average Bonchev–Trinajstić information content (AvgIpc) is 2.54. The van der Waals surface area contributed by atoms with E-state index < -0.39 is 5.54 Å². The number of hydrogen-bond acceptors (Lipinski definition) is 2. The van der Waals surface area contributed by atoms with E-state index in [1.165, 1.54) is 0 Å². The van der Waals surface area contributed by atoms with E-state index >= 15 is 0 Å². The number of nitrogens with one attached hydrogen (secondary N) is 2. The first-order valence-corrected chi connectivity index (χ1v) is 8.85. The molecule has 4 nitrogen and oxygen atoms in total. The highest BCUT2D eigenvalue weighted by molar-refractivity contribution is 5.85. The Balaban J connectivity index is 0.00000576. The average molecular weight is 368 g/mol. The van der Waals surface area contributed by atoms with Gasteiger partial charge in [-0.25, -0.2) is 4.79 Å². The molecule has 0 fully saturated rings. The summed E-state index contributed by atoms with van der Waals surface area (Å²) in [6.45, 7) is 18.1. The highest BCUT2D eigenvalue weighted by atomic mass is 35.5. The van der Waals surface area contributed by atoms with Gasteiger partial charge in [-0.15, -0.1) is 12.4 Å². The summed E-state index contributed by atoms with van der Waals surface area (Å²) in [6.07, 6.45) is 0.959. The van der Waals surface area contributed by atoms with E-state index in [0.717, 1.165) is 42.8 Å². The standard InChI is InChI=1S/C20H33N3O.ClH/c1-7-23(8-2)14-10-13-21-19(24)22-20(5,6)18-12-9-11-17(15-18)16(3)4;/h9,11-12,15H,3,7-8,10,13-14H2,1-2,4-6H3,(H2,21,22,24);1H. The van der Waals surface area contributed by atoms with Crippen LogP contribution in [0.4, 0.5) is 4.79 Å². The molecule has 142 valence electrons. The van der Waals surface area contributed by atoms with Crippen LogP contribution in [-0.4, -0.2) is 37.1 Å². The van der Waals surface area contributed by atoms with Gasteiger partial charge in [0.1, 0.15) is 0 Å². The summed E-state index contributed by atoms with van der Waals surface area (Å²) < 4.78 is 0. The first-order chi connectivity index (χ1) is 11.3. The van der Waals surface area contributed by atoms with Crippen molar-refractivity contribution in [2.45, 2.75) is 46.6 Å². The van der Waals surface area contributed by atoms with Crippen LogP contribution >= 0.6 is 12.4 Å². The van der Waals surface area contributed by atoms with Crippen LogP contribution in [0.2, 0.25) is 0 Å². The fourth-order valence-electron chi connectivity index (χ4n) is 2.62. The fraction of sp³-hybridized carbons (Fsp3) is 0.550. The smallest absolute Gasteiger partial charge is 0.315 e. The van der Waals surface area contributed by atoms with Crippen LogP contribution in [0.1, 0.15) is 52.2 Å². The Bertz CT molecular complexity index is 554. The van der Waals surface area contributed by atoms with Gasteiger partial charge in [0, 0.05) is 6.54 Å². The molecule has 5 heteroatoms. The van der Waals surface area contributed by atoms with Crippen molar-refractivity contribution >= 4 is 24.0 Å². The molecule has 1 aromatic carbocycles. The molecule has 2 amide bonds. The van der Waals surface area contributed by atoms with Gasteiger partial charge in [-0.1, -0.05) is 44.2 Å². The fourth-order valence-corrected chi connectivity index (χ4v) is 2.62. The predicted octanol–water partition coefficient (Wildman–Crippen LogP) is 4.41. The largest absolute Gasteiger partial charge is 0.338 e. The van der Waals surface area contributed by atoms with Crippen LogP contribution in [0.15, 0.2) is 30.8 Å².